The highest BCUT2D eigenvalue weighted by Gasteiger charge is 2.22. The first-order valence-electron chi connectivity index (χ1n) is 7.50. The van der Waals surface area contributed by atoms with E-state index in [4.69, 9.17) is 4.74 Å². The van der Waals surface area contributed by atoms with Crippen molar-refractivity contribution in [2.45, 2.75) is 45.7 Å². The van der Waals surface area contributed by atoms with Gasteiger partial charge in [0.05, 0.1) is 25.0 Å². The van der Waals surface area contributed by atoms with Crippen molar-refractivity contribution in [1.29, 1.82) is 0 Å². The molecule has 0 fully saturated rings. The average Bonchev–Trinajstić information content (AvgIpc) is 2.82. The maximum Gasteiger partial charge on any atom is 0.161 e. The standard InChI is InChI=1S/C15H30N4O/c1-7-9-16-13(8-10-18(4)5)15-14(20-6)11-17-19(15)12(2)3/h11-13,16H,7-10H2,1-6H3. The van der Waals surface area contributed by atoms with Crippen molar-refractivity contribution in [2.75, 3.05) is 34.3 Å². The van der Waals surface area contributed by atoms with Gasteiger partial charge >= 0.3 is 0 Å². The highest BCUT2D eigenvalue weighted by atomic mass is 16.5. The number of methoxy groups -OCH3 is 1. The number of hydrogen-bond donors (Lipinski definition) is 1. The van der Waals surface area contributed by atoms with E-state index in [-0.39, 0.29) is 6.04 Å². The lowest BCUT2D eigenvalue weighted by Gasteiger charge is -2.24. The van der Waals surface area contributed by atoms with Gasteiger partial charge in [-0.1, -0.05) is 6.92 Å². The summed E-state index contributed by atoms with van der Waals surface area (Å²) in [6.07, 6.45) is 3.99. The van der Waals surface area contributed by atoms with Gasteiger partial charge in [-0.05, 0) is 53.9 Å². The fourth-order valence-corrected chi connectivity index (χ4v) is 2.30. The van der Waals surface area contributed by atoms with Gasteiger partial charge in [-0.3, -0.25) is 4.68 Å². The third kappa shape index (κ3) is 4.49. The number of nitrogens with one attached hydrogen (secondary N) is 1. The van der Waals surface area contributed by atoms with Gasteiger partial charge in [-0.15, -0.1) is 0 Å². The zero-order chi connectivity index (χ0) is 15.1. The maximum absolute atomic E-state index is 5.51. The molecule has 0 aliphatic carbocycles. The molecule has 1 unspecified atom stereocenters. The van der Waals surface area contributed by atoms with E-state index in [0.717, 1.165) is 37.4 Å². The predicted octanol–water partition coefficient (Wildman–Crippen LogP) is 2.46. The Morgan fingerprint density at radius 2 is 2.10 bits per heavy atom. The molecule has 20 heavy (non-hydrogen) atoms. The fraction of sp³-hybridized carbons (Fsp3) is 0.800. The third-order valence-corrected chi connectivity index (χ3v) is 3.34. The molecular weight excluding hydrogens is 252 g/mol. The first-order valence-corrected chi connectivity index (χ1v) is 7.50. The predicted molar refractivity (Wildman–Crippen MR) is 83.4 cm³/mol. The molecule has 1 N–H and O–H groups in total. The SMILES string of the molecule is CCCNC(CCN(C)C)c1c(OC)cnn1C(C)C. The van der Waals surface area contributed by atoms with E-state index in [1.54, 1.807) is 7.11 Å². The van der Waals surface area contributed by atoms with Crippen molar-refractivity contribution >= 4 is 0 Å². The number of ether oxygens (including phenoxy) is 1. The first-order chi connectivity index (χ1) is 9.51. The topological polar surface area (TPSA) is 42.3 Å². The molecule has 1 aromatic rings. The number of aromatic nitrogens is 2. The lowest BCUT2D eigenvalue weighted by molar-refractivity contribution is 0.335. The van der Waals surface area contributed by atoms with E-state index < -0.39 is 0 Å². The van der Waals surface area contributed by atoms with Gasteiger partial charge in [-0.2, -0.15) is 5.10 Å². The summed E-state index contributed by atoms with van der Waals surface area (Å²) in [6.45, 7) is 8.53. The van der Waals surface area contributed by atoms with Crippen LogP contribution in [0, 0.1) is 0 Å². The minimum Gasteiger partial charge on any atom is -0.493 e. The van der Waals surface area contributed by atoms with Crippen molar-refractivity contribution < 1.29 is 4.74 Å². The highest BCUT2D eigenvalue weighted by Crippen LogP contribution is 2.29. The molecule has 0 radical (unpaired) electrons. The first kappa shape index (κ1) is 17.0. The molecule has 0 saturated carbocycles. The maximum atomic E-state index is 5.51. The summed E-state index contributed by atoms with van der Waals surface area (Å²) < 4.78 is 7.58. The van der Waals surface area contributed by atoms with Crippen LogP contribution in [0.25, 0.3) is 0 Å². The average molecular weight is 282 g/mol. The number of rotatable bonds is 9. The summed E-state index contributed by atoms with van der Waals surface area (Å²) in [5, 5.41) is 8.11. The van der Waals surface area contributed by atoms with Crippen LogP contribution in [0.2, 0.25) is 0 Å². The Kier molecular flexibility index (Phi) is 7.02. The molecule has 5 nitrogen and oxygen atoms in total. The molecule has 116 valence electrons. The Morgan fingerprint density at radius 3 is 2.60 bits per heavy atom. The molecule has 0 spiro atoms. The van der Waals surface area contributed by atoms with Crippen molar-refractivity contribution in [1.82, 2.24) is 20.0 Å². The summed E-state index contributed by atoms with van der Waals surface area (Å²) in [5.74, 6) is 0.881. The van der Waals surface area contributed by atoms with Crippen LogP contribution < -0.4 is 10.1 Å². The molecule has 1 rings (SSSR count). The summed E-state index contributed by atoms with van der Waals surface area (Å²) in [5.41, 5.74) is 1.16. The fourth-order valence-electron chi connectivity index (χ4n) is 2.30. The van der Waals surface area contributed by atoms with Gasteiger partial charge < -0.3 is 15.0 Å². The molecule has 1 atom stereocenters. The molecule has 1 aromatic heterocycles. The van der Waals surface area contributed by atoms with E-state index in [1.807, 2.05) is 6.20 Å². The molecule has 5 heteroatoms. The summed E-state index contributed by atoms with van der Waals surface area (Å²) >= 11 is 0. The van der Waals surface area contributed by atoms with Gasteiger partial charge in [0.15, 0.2) is 5.75 Å². The van der Waals surface area contributed by atoms with Crippen LogP contribution in [0.4, 0.5) is 0 Å². The highest BCUT2D eigenvalue weighted by molar-refractivity contribution is 5.29. The molecule has 0 aliphatic heterocycles. The van der Waals surface area contributed by atoms with Gasteiger partial charge in [0.25, 0.3) is 0 Å². The summed E-state index contributed by atoms with van der Waals surface area (Å²) in [4.78, 5) is 2.21. The second-order valence-corrected chi connectivity index (χ2v) is 5.74. The quantitative estimate of drug-likeness (QED) is 0.755. The molecule has 1 heterocycles. The van der Waals surface area contributed by atoms with Crippen LogP contribution in [0.15, 0.2) is 6.20 Å². The van der Waals surface area contributed by atoms with Crippen LogP contribution in [0.5, 0.6) is 5.75 Å². The Balaban J connectivity index is 3.00. The van der Waals surface area contributed by atoms with Crippen molar-refractivity contribution in [2.24, 2.45) is 0 Å². The van der Waals surface area contributed by atoms with Gasteiger partial charge in [-0.25, -0.2) is 0 Å². The van der Waals surface area contributed by atoms with Gasteiger partial charge in [0.1, 0.15) is 0 Å². The lowest BCUT2D eigenvalue weighted by Crippen LogP contribution is -2.29. The Morgan fingerprint density at radius 1 is 1.40 bits per heavy atom. The summed E-state index contributed by atoms with van der Waals surface area (Å²) in [7, 11) is 5.93. The van der Waals surface area contributed by atoms with Crippen molar-refractivity contribution in [3.8, 4) is 5.75 Å². The molecule has 0 saturated heterocycles. The van der Waals surface area contributed by atoms with E-state index in [9.17, 15) is 0 Å². The van der Waals surface area contributed by atoms with E-state index in [1.165, 1.54) is 0 Å². The van der Waals surface area contributed by atoms with Crippen molar-refractivity contribution in [3.63, 3.8) is 0 Å². The molecule has 0 bridgehead atoms. The summed E-state index contributed by atoms with van der Waals surface area (Å²) in [6, 6.07) is 0.608. The molecular formula is C15H30N4O. The number of nitrogens with zero attached hydrogens (tertiary/aromatic N) is 3. The monoisotopic (exact) mass is 282 g/mol. The van der Waals surface area contributed by atoms with Crippen LogP contribution in [-0.2, 0) is 0 Å². The van der Waals surface area contributed by atoms with Crippen LogP contribution in [0.3, 0.4) is 0 Å². The zero-order valence-corrected chi connectivity index (χ0v) is 13.8. The largest absolute Gasteiger partial charge is 0.493 e. The second-order valence-electron chi connectivity index (χ2n) is 5.74. The Bertz CT molecular complexity index is 387. The van der Waals surface area contributed by atoms with E-state index >= 15 is 0 Å². The minimum absolute atomic E-state index is 0.275. The van der Waals surface area contributed by atoms with Gasteiger partial charge in [0.2, 0.25) is 0 Å². The second kappa shape index (κ2) is 8.27. The van der Waals surface area contributed by atoms with Crippen LogP contribution >= 0.6 is 0 Å². The smallest absolute Gasteiger partial charge is 0.161 e. The lowest BCUT2D eigenvalue weighted by atomic mass is 10.1. The molecule has 0 aliphatic rings. The number of hydrogen-bond acceptors (Lipinski definition) is 4. The minimum atomic E-state index is 0.275. The zero-order valence-electron chi connectivity index (χ0n) is 13.8. The van der Waals surface area contributed by atoms with E-state index in [2.05, 4.69) is 54.9 Å². The van der Waals surface area contributed by atoms with Gasteiger partial charge in [0, 0.05) is 6.04 Å². The van der Waals surface area contributed by atoms with Crippen LogP contribution in [-0.4, -0.2) is 49.0 Å². The normalized spacial score (nSPS) is 13.2. The Hall–Kier alpha value is -1.07. The third-order valence-electron chi connectivity index (χ3n) is 3.34. The molecule has 0 amide bonds. The molecule has 0 aromatic carbocycles. The van der Waals surface area contributed by atoms with Crippen molar-refractivity contribution in [3.05, 3.63) is 11.9 Å². The van der Waals surface area contributed by atoms with E-state index in [0.29, 0.717) is 6.04 Å². The van der Waals surface area contributed by atoms with Crippen LogP contribution in [0.1, 0.15) is 51.4 Å². The Labute approximate surface area is 123 Å².